The number of unbranched alkanes of at least 4 members (excludes halogenated alkanes) is 2. The van der Waals surface area contributed by atoms with Crippen molar-refractivity contribution in [2.75, 3.05) is 12.4 Å². The molecule has 1 fully saturated rings. The van der Waals surface area contributed by atoms with E-state index < -0.39 is 0 Å². The van der Waals surface area contributed by atoms with Crippen LogP contribution >= 0.6 is 11.8 Å². The van der Waals surface area contributed by atoms with Crippen LogP contribution in [0.1, 0.15) is 52.9 Å². The molecule has 1 saturated heterocycles. The fourth-order valence-corrected chi connectivity index (χ4v) is 1.92. The molecule has 0 bridgehead atoms. The van der Waals surface area contributed by atoms with E-state index in [4.69, 9.17) is 4.74 Å². The molecule has 0 amide bonds. The molecule has 94 valence electrons. The van der Waals surface area contributed by atoms with E-state index in [9.17, 15) is 4.79 Å². The largest absolute Gasteiger partial charge is 0.464 e. The average Bonchev–Trinajstić information content (AvgIpc) is 2.95. The second-order valence-corrected chi connectivity index (χ2v) is 7.09. The van der Waals surface area contributed by atoms with Crippen molar-refractivity contribution in [2.45, 2.75) is 58.1 Å². The van der Waals surface area contributed by atoms with Crippen molar-refractivity contribution in [3.63, 3.8) is 0 Å². The lowest BCUT2D eigenvalue weighted by Gasteiger charge is -2.17. The number of hydrogen-bond donors (Lipinski definition) is 0. The van der Waals surface area contributed by atoms with Crippen molar-refractivity contribution in [3.8, 4) is 0 Å². The van der Waals surface area contributed by atoms with Crippen LogP contribution in [0.4, 0.5) is 0 Å². The van der Waals surface area contributed by atoms with Crippen LogP contribution < -0.4 is 0 Å². The summed E-state index contributed by atoms with van der Waals surface area (Å²) in [5, 5.41) is 0.602. The van der Waals surface area contributed by atoms with Gasteiger partial charge in [0.25, 0.3) is 0 Å². The molecule has 1 aliphatic heterocycles. The predicted molar refractivity (Wildman–Crippen MR) is 69.7 cm³/mol. The predicted octanol–water partition coefficient (Wildman–Crippen LogP) is 3.64. The Labute approximate surface area is 104 Å². The van der Waals surface area contributed by atoms with Crippen LogP contribution in [0.2, 0.25) is 0 Å². The maximum absolute atomic E-state index is 11.3. The fraction of sp³-hybridized carbons (Fsp3) is 0.923. The molecule has 0 N–H and O–H groups in total. The molecule has 0 aliphatic carbocycles. The zero-order valence-corrected chi connectivity index (χ0v) is 11.6. The summed E-state index contributed by atoms with van der Waals surface area (Å²) in [6.07, 6.45) is 5.18. The van der Waals surface area contributed by atoms with Gasteiger partial charge >= 0.3 is 5.97 Å². The van der Waals surface area contributed by atoms with Crippen LogP contribution in [0, 0.1) is 5.41 Å². The Morgan fingerprint density at radius 1 is 1.31 bits per heavy atom. The molecule has 0 spiro atoms. The zero-order valence-electron chi connectivity index (χ0n) is 10.8. The maximum Gasteiger partial charge on any atom is 0.305 e. The number of esters is 1. The Balaban J connectivity index is 1.87. The van der Waals surface area contributed by atoms with E-state index in [0.717, 1.165) is 12.8 Å². The van der Waals surface area contributed by atoms with Gasteiger partial charge in [-0.15, -0.1) is 0 Å². The topological polar surface area (TPSA) is 26.3 Å². The molecule has 16 heavy (non-hydrogen) atoms. The Morgan fingerprint density at radius 2 is 2.00 bits per heavy atom. The van der Waals surface area contributed by atoms with Crippen LogP contribution in [-0.2, 0) is 9.53 Å². The van der Waals surface area contributed by atoms with Gasteiger partial charge in [0, 0.05) is 17.4 Å². The van der Waals surface area contributed by atoms with Crippen molar-refractivity contribution in [1.29, 1.82) is 0 Å². The second kappa shape index (κ2) is 6.53. The first kappa shape index (κ1) is 13.9. The molecule has 0 aromatic carbocycles. The molecule has 0 saturated carbocycles. The zero-order chi connectivity index (χ0) is 12.0. The Hall–Kier alpha value is -0.180. The summed E-state index contributed by atoms with van der Waals surface area (Å²) in [6.45, 7) is 7.41. The Kier molecular flexibility index (Phi) is 5.67. The van der Waals surface area contributed by atoms with Gasteiger partial charge in [-0.25, -0.2) is 0 Å². The van der Waals surface area contributed by atoms with E-state index in [0.29, 0.717) is 23.7 Å². The molecule has 0 aromatic rings. The maximum atomic E-state index is 11.3. The summed E-state index contributed by atoms with van der Waals surface area (Å²) in [7, 11) is 0. The average molecular weight is 244 g/mol. The molecule has 1 atom stereocenters. The highest BCUT2D eigenvalue weighted by Gasteiger charge is 2.23. The quantitative estimate of drug-likeness (QED) is 0.388. The summed E-state index contributed by atoms with van der Waals surface area (Å²) in [4.78, 5) is 11.3. The first-order valence-corrected chi connectivity index (χ1v) is 7.29. The van der Waals surface area contributed by atoms with Gasteiger partial charge < -0.3 is 4.74 Å². The van der Waals surface area contributed by atoms with Crippen molar-refractivity contribution < 1.29 is 9.53 Å². The van der Waals surface area contributed by atoms with Gasteiger partial charge in [0.2, 0.25) is 0 Å². The number of thioether (sulfide) groups is 1. The van der Waals surface area contributed by atoms with E-state index >= 15 is 0 Å². The van der Waals surface area contributed by atoms with Gasteiger partial charge in [-0.3, -0.25) is 4.79 Å². The lowest BCUT2D eigenvalue weighted by Crippen LogP contribution is -2.09. The number of carbonyl (C=O) groups excluding carboxylic acids is 1. The van der Waals surface area contributed by atoms with Gasteiger partial charge in [0.1, 0.15) is 6.61 Å². The standard InChI is InChI=1S/C13H24O2S/c1-13(2,3)8-6-4-5-7-12(14)15-9-11-10-16-11/h11H,4-10H2,1-3H3. The van der Waals surface area contributed by atoms with Crippen LogP contribution in [0.5, 0.6) is 0 Å². The Morgan fingerprint density at radius 3 is 2.56 bits per heavy atom. The number of ether oxygens (including phenoxy) is 1. The lowest BCUT2D eigenvalue weighted by atomic mass is 9.89. The Bertz CT molecular complexity index is 216. The third kappa shape index (κ3) is 8.03. The van der Waals surface area contributed by atoms with Crippen LogP contribution in [-0.4, -0.2) is 23.6 Å². The monoisotopic (exact) mass is 244 g/mol. The van der Waals surface area contributed by atoms with Crippen molar-refractivity contribution in [1.82, 2.24) is 0 Å². The minimum absolute atomic E-state index is 0.0109. The molecule has 1 aliphatic rings. The molecule has 0 aromatic heterocycles. The molecule has 0 radical (unpaired) electrons. The first-order chi connectivity index (χ1) is 7.47. The van der Waals surface area contributed by atoms with Gasteiger partial charge in [-0.1, -0.05) is 33.6 Å². The smallest absolute Gasteiger partial charge is 0.305 e. The van der Waals surface area contributed by atoms with Gasteiger partial charge in [-0.2, -0.15) is 11.8 Å². The summed E-state index contributed by atoms with van der Waals surface area (Å²) in [5.74, 6) is 1.15. The first-order valence-electron chi connectivity index (χ1n) is 6.24. The van der Waals surface area contributed by atoms with Crippen LogP contribution in [0.3, 0.4) is 0 Å². The molecule has 2 nitrogen and oxygen atoms in total. The van der Waals surface area contributed by atoms with Gasteiger partial charge in [0.05, 0.1) is 0 Å². The second-order valence-electron chi connectivity index (χ2n) is 5.76. The van der Waals surface area contributed by atoms with E-state index in [1.807, 2.05) is 11.8 Å². The van der Waals surface area contributed by atoms with Gasteiger partial charge in [0.15, 0.2) is 0 Å². The van der Waals surface area contributed by atoms with Crippen molar-refractivity contribution in [2.24, 2.45) is 5.41 Å². The third-order valence-corrected chi connectivity index (χ3v) is 3.58. The van der Waals surface area contributed by atoms with Crippen molar-refractivity contribution >= 4 is 17.7 Å². The van der Waals surface area contributed by atoms with E-state index in [1.54, 1.807) is 0 Å². The van der Waals surface area contributed by atoms with E-state index in [-0.39, 0.29) is 5.97 Å². The molecular weight excluding hydrogens is 220 g/mol. The SMILES string of the molecule is CC(C)(C)CCCCCC(=O)OCC1CS1. The summed E-state index contributed by atoms with van der Waals surface area (Å²) in [5.41, 5.74) is 0.420. The lowest BCUT2D eigenvalue weighted by molar-refractivity contribution is -0.143. The number of rotatable bonds is 7. The molecule has 3 heteroatoms. The molecule has 1 heterocycles. The minimum Gasteiger partial charge on any atom is -0.464 e. The highest BCUT2D eigenvalue weighted by atomic mass is 32.2. The highest BCUT2D eigenvalue weighted by molar-refractivity contribution is 8.06. The van der Waals surface area contributed by atoms with Crippen LogP contribution in [0.25, 0.3) is 0 Å². The van der Waals surface area contributed by atoms with Crippen molar-refractivity contribution in [3.05, 3.63) is 0 Å². The number of carbonyl (C=O) groups is 1. The van der Waals surface area contributed by atoms with Gasteiger partial charge in [-0.05, 0) is 18.3 Å². The normalized spacial score (nSPS) is 19.6. The summed E-state index contributed by atoms with van der Waals surface area (Å²) < 4.78 is 5.15. The highest BCUT2D eigenvalue weighted by Crippen LogP contribution is 2.30. The van der Waals surface area contributed by atoms with E-state index in [1.165, 1.54) is 18.6 Å². The molecule has 1 unspecified atom stereocenters. The molecular formula is C13H24O2S. The third-order valence-electron chi connectivity index (χ3n) is 2.64. The summed E-state index contributed by atoms with van der Waals surface area (Å²) >= 11 is 1.87. The number of hydrogen-bond acceptors (Lipinski definition) is 3. The molecule has 1 rings (SSSR count). The van der Waals surface area contributed by atoms with E-state index in [2.05, 4.69) is 20.8 Å². The fourth-order valence-electron chi connectivity index (χ4n) is 1.52. The van der Waals surface area contributed by atoms with Crippen LogP contribution in [0.15, 0.2) is 0 Å². The summed E-state index contributed by atoms with van der Waals surface area (Å²) in [6, 6.07) is 0. The minimum atomic E-state index is -0.0109.